The van der Waals surface area contributed by atoms with Crippen LogP contribution < -0.4 is 20.1 Å². The Bertz CT molecular complexity index is 659. The highest BCUT2D eigenvalue weighted by atomic mass is 16.5. The van der Waals surface area contributed by atoms with Crippen LogP contribution in [0.1, 0.15) is 32.4 Å². The second-order valence-electron chi connectivity index (χ2n) is 5.26. The monoisotopic (exact) mass is 328 g/mol. The van der Waals surface area contributed by atoms with E-state index in [4.69, 9.17) is 9.47 Å². The van der Waals surface area contributed by atoms with Crippen molar-refractivity contribution < 1.29 is 14.3 Å². The Morgan fingerprint density at radius 3 is 2.33 bits per heavy atom. The van der Waals surface area contributed by atoms with Gasteiger partial charge in [0.1, 0.15) is 0 Å². The van der Waals surface area contributed by atoms with E-state index >= 15 is 0 Å². The van der Waals surface area contributed by atoms with E-state index in [-0.39, 0.29) is 12.1 Å². The summed E-state index contributed by atoms with van der Waals surface area (Å²) in [4.78, 5) is 12.1. The predicted octanol–water partition coefficient (Wildman–Crippen LogP) is 4.37. The minimum Gasteiger partial charge on any atom is -0.490 e. The van der Waals surface area contributed by atoms with Crippen LogP contribution in [0.4, 0.5) is 10.5 Å². The third-order valence-electron chi connectivity index (χ3n) is 3.45. The van der Waals surface area contributed by atoms with E-state index in [2.05, 4.69) is 10.6 Å². The zero-order chi connectivity index (χ0) is 17.4. The Labute approximate surface area is 143 Å². The number of urea groups is 1. The molecule has 0 bridgehead atoms. The van der Waals surface area contributed by atoms with Gasteiger partial charge in [0.2, 0.25) is 0 Å². The molecule has 0 saturated heterocycles. The van der Waals surface area contributed by atoms with Gasteiger partial charge in [-0.1, -0.05) is 24.3 Å². The normalized spacial score (nSPS) is 11.5. The van der Waals surface area contributed by atoms with Gasteiger partial charge in [0.25, 0.3) is 0 Å². The van der Waals surface area contributed by atoms with E-state index in [9.17, 15) is 4.79 Å². The summed E-state index contributed by atoms with van der Waals surface area (Å²) in [7, 11) is 0. The number of hydrogen-bond acceptors (Lipinski definition) is 3. The third-order valence-corrected chi connectivity index (χ3v) is 3.45. The summed E-state index contributed by atoms with van der Waals surface area (Å²) in [6.45, 7) is 6.92. The molecule has 2 rings (SSSR count). The van der Waals surface area contributed by atoms with Gasteiger partial charge in [-0.25, -0.2) is 4.79 Å². The summed E-state index contributed by atoms with van der Waals surface area (Å²) >= 11 is 0. The van der Waals surface area contributed by atoms with Gasteiger partial charge in [-0.2, -0.15) is 0 Å². The van der Waals surface area contributed by atoms with E-state index < -0.39 is 0 Å². The van der Waals surface area contributed by atoms with E-state index in [0.717, 1.165) is 11.3 Å². The molecule has 2 aromatic carbocycles. The average Bonchev–Trinajstić information content (AvgIpc) is 2.57. The van der Waals surface area contributed by atoms with Gasteiger partial charge in [0.15, 0.2) is 11.5 Å². The van der Waals surface area contributed by atoms with Gasteiger partial charge >= 0.3 is 6.03 Å². The minimum atomic E-state index is -0.249. The number of benzene rings is 2. The lowest BCUT2D eigenvalue weighted by molar-refractivity contribution is 0.249. The van der Waals surface area contributed by atoms with Crippen LogP contribution >= 0.6 is 0 Å². The van der Waals surface area contributed by atoms with Crippen LogP contribution in [0.5, 0.6) is 11.5 Å². The zero-order valence-corrected chi connectivity index (χ0v) is 14.3. The number of hydrogen-bond donors (Lipinski definition) is 2. The molecule has 1 atom stereocenters. The van der Waals surface area contributed by atoms with E-state index in [0.29, 0.717) is 24.7 Å². The largest absolute Gasteiger partial charge is 0.490 e. The summed E-state index contributed by atoms with van der Waals surface area (Å²) < 4.78 is 11.2. The molecule has 0 saturated carbocycles. The van der Waals surface area contributed by atoms with Gasteiger partial charge in [0.05, 0.1) is 19.3 Å². The molecule has 128 valence electrons. The Morgan fingerprint density at radius 1 is 1.00 bits per heavy atom. The van der Waals surface area contributed by atoms with Crippen molar-refractivity contribution in [2.24, 2.45) is 0 Å². The standard InChI is InChI=1S/C19H24N2O3/c1-4-23-17-12-11-15(13-18(17)24-5-2)14(3)20-19(22)21-16-9-7-6-8-10-16/h6-14H,4-5H2,1-3H3,(H2,20,21,22). The van der Waals surface area contributed by atoms with Crippen molar-refractivity contribution in [3.63, 3.8) is 0 Å². The van der Waals surface area contributed by atoms with Crippen LogP contribution in [0, 0.1) is 0 Å². The fourth-order valence-corrected chi connectivity index (χ4v) is 2.31. The van der Waals surface area contributed by atoms with Gasteiger partial charge < -0.3 is 20.1 Å². The van der Waals surface area contributed by atoms with Crippen molar-refractivity contribution in [3.05, 3.63) is 54.1 Å². The lowest BCUT2D eigenvalue weighted by atomic mass is 10.1. The highest BCUT2D eigenvalue weighted by Crippen LogP contribution is 2.30. The molecule has 0 aliphatic rings. The molecule has 2 N–H and O–H groups in total. The Balaban J connectivity index is 2.04. The van der Waals surface area contributed by atoms with E-state index in [1.54, 1.807) is 0 Å². The van der Waals surface area contributed by atoms with E-state index in [1.807, 2.05) is 69.3 Å². The van der Waals surface area contributed by atoms with Crippen molar-refractivity contribution >= 4 is 11.7 Å². The predicted molar refractivity (Wildman–Crippen MR) is 95.8 cm³/mol. The number of anilines is 1. The number of nitrogens with one attached hydrogen (secondary N) is 2. The Morgan fingerprint density at radius 2 is 1.67 bits per heavy atom. The summed E-state index contributed by atoms with van der Waals surface area (Å²) in [5.41, 5.74) is 1.70. The number of carbonyl (C=O) groups excluding carboxylic acids is 1. The first-order valence-corrected chi connectivity index (χ1v) is 8.16. The summed E-state index contributed by atoms with van der Waals surface area (Å²) in [5.74, 6) is 1.40. The third kappa shape index (κ3) is 4.91. The molecule has 0 heterocycles. The van der Waals surface area contributed by atoms with Crippen molar-refractivity contribution in [2.45, 2.75) is 26.8 Å². The summed E-state index contributed by atoms with van der Waals surface area (Å²) in [6.07, 6.45) is 0. The number of para-hydroxylation sites is 1. The highest BCUT2D eigenvalue weighted by molar-refractivity contribution is 5.89. The minimum absolute atomic E-state index is 0.163. The van der Waals surface area contributed by atoms with Crippen molar-refractivity contribution in [1.82, 2.24) is 5.32 Å². The van der Waals surface area contributed by atoms with Crippen LogP contribution in [0.3, 0.4) is 0 Å². The van der Waals surface area contributed by atoms with Gasteiger partial charge in [0, 0.05) is 5.69 Å². The molecule has 0 fully saturated rings. The molecule has 24 heavy (non-hydrogen) atoms. The molecule has 1 unspecified atom stereocenters. The fraction of sp³-hybridized carbons (Fsp3) is 0.316. The average molecular weight is 328 g/mol. The zero-order valence-electron chi connectivity index (χ0n) is 14.3. The number of rotatable bonds is 7. The molecule has 2 aromatic rings. The SMILES string of the molecule is CCOc1ccc(C(C)NC(=O)Nc2ccccc2)cc1OCC. The van der Waals surface area contributed by atoms with Crippen LogP contribution in [-0.4, -0.2) is 19.2 Å². The molecule has 0 aliphatic carbocycles. The van der Waals surface area contributed by atoms with Crippen LogP contribution in [0.2, 0.25) is 0 Å². The van der Waals surface area contributed by atoms with Crippen molar-refractivity contribution in [1.29, 1.82) is 0 Å². The Hall–Kier alpha value is -2.69. The van der Waals surface area contributed by atoms with Crippen LogP contribution in [-0.2, 0) is 0 Å². The molecule has 0 aliphatic heterocycles. The molecule has 2 amide bonds. The molecule has 5 nitrogen and oxygen atoms in total. The highest BCUT2D eigenvalue weighted by Gasteiger charge is 2.13. The Kier molecular flexibility index (Phi) is 6.49. The molecule has 0 radical (unpaired) electrons. The van der Waals surface area contributed by atoms with Gasteiger partial charge in [-0.05, 0) is 50.6 Å². The lowest BCUT2D eigenvalue weighted by Crippen LogP contribution is -2.31. The van der Waals surface area contributed by atoms with E-state index in [1.165, 1.54) is 0 Å². The maximum absolute atomic E-state index is 12.1. The van der Waals surface area contributed by atoms with Gasteiger partial charge in [-0.3, -0.25) is 0 Å². The van der Waals surface area contributed by atoms with Crippen LogP contribution in [0.15, 0.2) is 48.5 Å². The maximum atomic E-state index is 12.1. The first-order valence-electron chi connectivity index (χ1n) is 8.16. The summed E-state index contributed by atoms with van der Waals surface area (Å²) in [5, 5.41) is 5.73. The first kappa shape index (κ1) is 17.7. The molecule has 0 aromatic heterocycles. The van der Waals surface area contributed by atoms with Crippen molar-refractivity contribution in [2.75, 3.05) is 18.5 Å². The quantitative estimate of drug-likeness (QED) is 0.793. The second-order valence-corrected chi connectivity index (χ2v) is 5.26. The maximum Gasteiger partial charge on any atom is 0.319 e. The van der Waals surface area contributed by atoms with Crippen LogP contribution in [0.25, 0.3) is 0 Å². The fourth-order valence-electron chi connectivity index (χ4n) is 2.31. The topological polar surface area (TPSA) is 59.6 Å². The molecular weight excluding hydrogens is 304 g/mol. The summed E-state index contributed by atoms with van der Waals surface area (Å²) in [6, 6.07) is 14.6. The van der Waals surface area contributed by atoms with Gasteiger partial charge in [-0.15, -0.1) is 0 Å². The molecule has 0 spiro atoms. The number of ether oxygens (including phenoxy) is 2. The molecule has 5 heteroatoms. The lowest BCUT2D eigenvalue weighted by Gasteiger charge is -2.18. The first-order chi connectivity index (χ1) is 11.6. The second kappa shape index (κ2) is 8.82. The number of amides is 2. The smallest absolute Gasteiger partial charge is 0.319 e. The number of carbonyl (C=O) groups is 1. The van der Waals surface area contributed by atoms with Crippen molar-refractivity contribution in [3.8, 4) is 11.5 Å². The molecular formula is C19H24N2O3.